The van der Waals surface area contributed by atoms with E-state index < -0.39 is 0 Å². The molecule has 0 aliphatic carbocycles. The van der Waals surface area contributed by atoms with E-state index in [2.05, 4.69) is 9.88 Å². The van der Waals surface area contributed by atoms with E-state index in [1.54, 1.807) is 6.20 Å². The molecule has 2 aromatic rings. The second-order valence-electron chi connectivity index (χ2n) is 4.86. The third-order valence-electron chi connectivity index (χ3n) is 3.56. The van der Waals surface area contributed by atoms with Crippen LogP contribution in [0.1, 0.15) is 17.3 Å². The molecule has 1 fully saturated rings. The topological polar surface area (TPSA) is 25.4 Å². The Morgan fingerprint density at radius 2 is 1.80 bits per heavy atom. The molecule has 0 radical (unpaired) electrons. The van der Waals surface area contributed by atoms with Gasteiger partial charge >= 0.3 is 0 Å². The molecule has 1 saturated heterocycles. The Hall–Kier alpha value is -1.78. The molecule has 1 atom stereocenters. The SMILES string of the molecule is Fc1ccc(C(c2ccccn2)N2CCOCC2)cc1. The highest BCUT2D eigenvalue weighted by Crippen LogP contribution is 2.27. The molecule has 0 N–H and O–H groups in total. The molecule has 20 heavy (non-hydrogen) atoms. The Kier molecular flexibility index (Phi) is 4.04. The molecular weight excluding hydrogens is 255 g/mol. The van der Waals surface area contributed by atoms with Gasteiger partial charge in [-0.15, -0.1) is 0 Å². The van der Waals surface area contributed by atoms with Gasteiger partial charge in [-0.2, -0.15) is 0 Å². The summed E-state index contributed by atoms with van der Waals surface area (Å²) in [5, 5.41) is 0. The molecule has 4 heteroatoms. The van der Waals surface area contributed by atoms with Gasteiger partial charge in [-0.3, -0.25) is 9.88 Å². The van der Waals surface area contributed by atoms with E-state index in [9.17, 15) is 4.39 Å². The number of pyridine rings is 1. The molecule has 0 amide bonds. The quantitative estimate of drug-likeness (QED) is 0.859. The van der Waals surface area contributed by atoms with Gasteiger partial charge < -0.3 is 4.74 Å². The normalized spacial score (nSPS) is 17.9. The molecule has 1 unspecified atom stereocenters. The zero-order chi connectivity index (χ0) is 13.8. The number of ether oxygens (including phenoxy) is 1. The Morgan fingerprint density at radius 3 is 2.45 bits per heavy atom. The molecule has 2 heterocycles. The lowest BCUT2D eigenvalue weighted by atomic mass is 10.0. The lowest BCUT2D eigenvalue weighted by Crippen LogP contribution is -2.39. The second-order valence-corrected chi connectivity index (χ2v) is 4.86. The van der Waals surface area contributed by atoms with Gasteiger partial charge in [0.05, 0.1) is 24.9 Å². The van der Waals surface area contributed by atoms with Crippen LogP contribution >= 0.6 is 0 Å². The monoisotopic (exact) mass is 272 g/mol. The van der Waals surface area contributed by atoms with Gasteiger partial charge in [-0.1, -0.05) is 18.2 Å². The summed E-state index contributed by atoms with van der Waals surface area (Å²) in [7, 11) is 0. The van der Waals surface area contributed by atoms with Crippen LogP contribution < -0.4 is 0 Å². The minimum absolute atomic E-state index is 0.0562. The summed E-state index contributed by atoms with van der Waals surface area (Å²) in [4.78, 5) is 6.81. The zero-order valence-corrected chi connectivity index (χ0v) is 11.2. The van der Waals surface area contributed by atoms with E-state index >= 15 is 0 Å². The summed E-state index contributed by atoms with van der Waals surface area (Å²) in [6, 6.07) is 12.7. The lowest BCUT2D eigenvalue weighted by Gasteiger charge is -2.34. The fraction of sp³-hybridized carbons (Fsp3) is 0.312. The van der Waals surface area contributed by atoms with Crippen molar-refractivity contribution < 1.29 is 9.13 Å². The van der Waals surface area contributed by atoms with Crippen molar-refractivity contribution in [1.29, 1.82) is 0 Å². The maximum atomic E-state index is 13.1. The number of nitrogens with zero attached hydrogens (tertiary/aromatic N) is 2. The molecule has 1 aliphatic rings. The van der Waals surface area contributed by atoms with Gasteiger partial charge in [0, 0.05) is 19.3 Å². The predicted molar refractivity (Wildman–Crippen MR) is 74.9 cm³/mol. The van der Waals surface area contributed by atoms with Crippen molar-refractivity contribution in [2.45, 2.75) is 6.04 Å². The highest BCUT2D eigenvalue weighted by atomic mass is 19.1. The fourth-order valence-electron chi connectivity index (χ4n) is 2.59. The molecular formula is C16H17FN2O. The minimum Gasteiger partial charge on any atom is -0.379 e. The average molecular weight is 272 g/mol. The van der Waals surface area contributed by atoms with Crippen LogP contribution in [-0.2, 0) is 4.74 Å². The molecule has 1 aliphatic heterocycles. The summed E-state index contributed by atoms with van der Waals surface area (Å²) < 4.78 is 18.6. The van der Waals surface area contributed by atoms with Crippen LogP contribution in [0.3, 0.4) is 0 Å². The van der Waals surface area contributed by atoms with E-state index in [4.69, 9.17) is 4.74 Å². The van der Waals surface area contributed by atoms with E-state index in [1.165, 1.54) is 12.1 Å². The van der Waals surface area contributed by atoms with Crippen LogP contribution in [0, 0.1) is 5.82 Å². The standard InChI is InChI=1S/C16H17FN2O/c17-14-6-4-13(5-7-14)16(15-3-1-2-8-18-15)19-9-11-20-12-10-19/h1-8,16H,9-12H2. The van der Waals surface area contributed by atoms with Gasteiger partial charge in [-0.25, -0.2) is 4.39 Å². The van der Waals surface area contributed by atoms with Crippen LogP contribution in [0.4, 0.5) is 4.39 Å². The number of halogens is 1. The van der Waals surface area contributed by atoms with Crippen molar-refractivity contribution in [3.63, 3.8) is 0 Å². The smallest absolute Gasteiger partial charge is 0.123 e. The fourth-order valence-corrected chi connectivity index (χ4v) is 2.59. The number of rotatable bonds is 3. The van der Waals surface area contributed by atoms with Gasteiger partial charge in [-0.05, 0) is 29.8 Å². The number of hydrogen-bond acceptors (Lipinski definition) is 3. The summed E-state index contributed by atoms with van der Waals surface area (Å²) in [6.07, 6.45) is 1.80. The Balaban J connectivity index is 1.96. The van der Waals surface area contributed by atoms with Crippen molar-refractivity contribution in [3.8, 4) is 0 Å². The first-order valence-electron chi connectivity index (χ1n) is 6.83. The number of morpholine rings is 1. The molecule has 0 saturated carbocycles. The Morgan fingerprint density at radius 1 is 1.05 bits per heavy atom. The second kappa shape index (κ2) is 6.11. The molecule has 0 bridgehead atoms. The van der Waals surface area contributed by atoms with Crippen molar-refractivity contribution in [3.05, 3.63) is 65.7 Å². The summed E-state index contributed by atoms with van der Waals surface area (Å²) >= 11 is 0. The highest BCUT2D eigenvalue weighted by molar-refractivity contribution is 5.28. The van der Waals surface area contributed by atoms with Gasteiger partial charge in [0.15, 0.2) is 0 Å². The van der Waals surface area contributed by atoms with Crippen LogP contribution in [0.15, 0.2) is 48.7 Å². The van der Waals surface area contributed by atoms with Crippen LogP contribution in [-0.4, -0.2) is 36.2 Å². The average Bonchev–Trinajstić information content (AvgIpc) is 2.52. The third-order valence-corrected chi connectivity index (χ3v) is 3.56. The van der Waals surface area contributed by atoms with Gasteiger partial charge in [0.2, 0.25) is 0 Å². The first-order chi connectivity index (χ1) is 9.84. The molecule has 3 rings (SSSR count). The van der Waals surface area contributed by atoms with E-state index in [0.29, 0.717) is 0 Å². The van der Waals surface area contributed by atoms with E-state index in [-0.39, 0.29) is 11.9 Å². The Bertz CT molecular complexity index is 538. The lowest BCUT2D eigenvalue weighted by molar-refractivity contribution is 0.0232. The first kappa shape index (κ1) is 13.2. The van der Waals surface area contributed by atoms with Crippen molar-refractivity contribution in [1.82, 2.24) is 9.88 Å². The van der Waals surface area contributed by atoms with Crippen LogP contribution in [0.2, 0.25) is 0 Å². The predicted octanol–water partition coefficient (Wildman–Crippen LogP) is 2.64. The van der Waals surface area contributed by atoms with Crippen molar-refractivity contribution in [2.75, 3.05) is 26.3 Å². The van der Waals surface area contributed by atoms with Gasteiger partial charge in [0.25, 0.3) is 0 Å². The van der Waals surface area contributed by atoms with Gasteiger partial charge in [0.1, 0.15) is 5.82 Å². The number of aromatic nitrogens is 1. The minimum atomic E-state index is -0.213. The first-order valence-corrected chi connectivity index (χ1v) is 6.83. The number of benzene rings is 1. The summed E-state index contributed by atoms with van der Waals surface area (Å²) in [5.74, 6) is -0.213. The molecule has 1 aromatic carbocycles. The summed E-state index contributed by atoms with van der Waals surface area (Å²) in [6.45, 7) is 3.17. The number of hydrogen-bond donors (Lipinski definition) is 0. The molecule has 0 spiro atoms. The maximum absolute atomic E-state index is 13.1. The Labute approximate surface area is 118 Å². The third kappa shape index (κ3) is 2.86. The van der Waals surface area contributed by atoms with E-state index in [0.717, 1.165) is 37.6 Å². The molecule has 104 valence electrons. The summed E-state index contributed by atoms with van der Waals surface area (Å²) in [5.41, 5.74) is 2.05. The van der Waals surface area contributed by atoms with Crippen molar-refractivity contribution in [2.24, 2.45) is 0 Å². The zero-order valence-electron chi connectivity index (χ0n) is 11.2. The van der Waals surface area contributed by atoms with Crippen LogP contribution in [0.25, 0.3) is 0 Å². The maximum Gasteiger partial charge on any atom is 0.123 e. The molecule has 3 nitrogen and oxygen atoms in total. The highest BCUT2D eigenvalue weighted by Gasteiger charge is 2.25. The largest absolute Gasteiger partial charge is 0.379 e. The van der Waals surface area contributed by atoms with Crippen LogP contribution in [0.5, 0.6) is 0 Å². The van der Waals surface area contributed by atoms with E-state index in [1.807, 2.05) is 30.3 Å². The van der Waals surface area contributed by atoms with Crippen molar-refractivity contribution >= 4 is 0 Å². The molecule has 1 aromatic heterocycles.